The lowest BCUT2D eigenvalue weighted by Gasteiger charge is -1.99. The molecule has 3 aromatic rings. The Hall–Kier alpha value is -2.45. The van der Waals surface area contributed by atoms with Crippen LogP contribution in [0.1, 0.15) is 5.56 Å². The molecule has 2 aromatic carbocycles. The molecule has 0 bridgehead atoms. The van der Waals surface area contributed by atoms with Gasteiger partial charge in [-0.05, 0) is 41.8 Å². The number of terminal acetylenes is 1. The summed E-state index contributed by atoms with van der Waals surface area (Å²) < 4.78 is 14.6. The van der Waals surface area contributed by atoms with E-state index in [1.807, 2.05) is 24.3 Å². The Labute approximate surface area is 129 Å². The lowest BCUT2D eigenvalue weighted by Crippen LogP contribution is -1.99. The van der Waals surface area contributed by atoms with Crippen molar-refractivity contribution in [1.29, 1.82) is 0 Å². The fourth-order valence-electron chi connectivity index (χ4n) is 1.88. The zero-order valence-corrected chi connectivity index (χ0v) is 12.4. The summed E-state index contributed by atoms with van der Waals surface area (Å²) in [5, 5.41) is 8.31. The SMILES string of the molecule is C#C/C(=C\c1ccc(Br)cc1)n1nc2cccc(F)c2n1. The summed E-state index contributed by atoms with van der Waals surface area (Å²) in [4.78, 5) is 1.27. The van der Waals surface area contributed by atoms with Gasteiger partial charge in [0.1, 0.15) is 16.7 Å². The molecule has 0 saturated heterocycles. The minimum Gasteiger partial charge on any atom is -0.204 e. The fourth-order valence-corrected chi connectivity index (χ4v) is 2.15. The minimum atomic E-state index is -0.418. The third-order valence-electron chi connectivity index (χ3n) is 2.90. The molecule has 1 heterocycles. The second-order valence-electron chi connectivity index (χ2n) is 4.32. The molecule has 0 saturated carbocycles. The molecule has 0 spiro atoms. The summed E-state index contributed by atoms with van der Waals surface area (Å²) in [6.07, 6.45) is 7.29. The molecular weight excluding hydrogens is 333 g/mol. The Morgan fingerprint density at radius 2 is 1.95 bits per heavy atom. The van der Waals surface area contributed by atoms with Crippen molar-refractivity contribution in [2.24, 2.45) is 0 Å². The Balaban J connectivity index is 2.08. The van der Waals surface area contributed by atoms with Crippen molar-refractivity contribution in [2.75, 3.05) is 0 Å². The molecule has 21 heavy (non-hydrogen) atoms. The van der Waals surface area contributed by atoms with Gasteiger partial charge in [-0.1, -0.05) is 34.1 Å². The first kappa shape index (κ1) is 13.5. The van der Waals surface area contributed by atoms with Crippen molar-refractivity contribution in [3.63, 3.8) is 0 Å². The molecule has 0 amide bonds. The molecule has 0 unspecified atom stereocenters. The minimum absolute atomic E-state index is 0.203. The summed E-state index contributed by atoms with van der Waals surface area (Å²) in [5.41, 5.74) is 2.02. The van der Waals surface area contributed by atoms with Gasteiger partial charge < -0.3 is 0 Å². The molecular formula is C16H9BrFN3. The number of nitrogens with zero attached hydrogens (tertiary/aromatic N) is 3. The maximum Gasteiger partial charge on any atom is 0.153 e. The average molecular weight is 342 g/mol. The van der Waals surface area contributed by atoms with E-state index in [0.29, 0.717) is 11.2 Å². The number of allylic oxidation sites excluding steroid dienone is 1. The van der Waals surface area contributed by atoms with Gasteiger partial charge in [0.25, 0.3) is 0 Å². The van der Waals surface area contributed by atoms with Crippen molar-refractivity contribution < 1.29 is 4.39 Å². The van der Waals surface area contributed by atoms with Gasteiger partial charge in [-0.25, -0.2) is 4.39 Å². The molecule has 3 nitrogen and oxygen atoms in total. The first-order chi connectivity index (χ1) is 10.2. The number of halogens is 2. The number of fused-ring (bicyclic) bond motifs is 1. The lowest BCUT2D eigenvalue weighted by molar-refractivity contribution is 0.634. The van der Waals surface area contributed by atoms with Crippen molar-refractivity contribution in [3.8, 4) is 12.3 Å². The maximum absolute atomic E-state index is 13.6. The zero-order chi connectivity index (χ0) is 14.8. The van der Waals surface area contributed by atoms with E-state index in [0.717, 1.165) is 10.0 Å². The van der Waals surface area contributed by atoms with Crippen LogP contribution < -0.4 is 0 Å². The van der Waals surface area contributed by atoms with Crippen LogP contribution in [0.2, 0.25) is 0 Å². The standard InChI is InChI=1S/C16H9BrFN3/c1-2-13(10-11-6-8-12(17)9-7-11)21-19-15-5-3-4-14(18)16(15)20-21/h1,3-10H/b13-10+. The summed E-state index contributed by atoms with van der Waals surface area (Å²) >= 11 is 3.37. The van der Waals surface area contributed by atoms with E-state index < -0.39 is 5.82 Å². The van der Waals surface area contributed by atoms with Crippen LogP contribution in [-0.2, 0) is 0 Å². The van der Waals surface area contributed by atoms with E-state index in [9.17, 15) is 4.39 Å². The molecule has 1 aromatic heterocycles. The number of aromatic nitrogens is 3. The Kier molecular flexibility index (Phi) is 3.55. The molecule has 0 aliphatic carbocycles. The number of benzene rings is 2. The highest BCUT2D eigenvalue weighted by atomic mass is 79.9. The van der Waals surface area contributed by atoms with Crippen LogP contribution in [0.5, 0.6) is 0 Å². The molecule has 0 N–H and O–H groups in total. The molecule has 0 aliphatic heterocycles. The van der Waals surface area contributed by atoms with Gasteiger partial charge in [-0.3, -0.25) is 0 Å². The summed E-state index contributed by atoms with van der Waals surface area (Å²) in [5.74, 6) is 2.11. The highest BCUT2D eigenvalue weighted by Gasteiger charge is 2.09. The van der Waals surface area contributed by atoms with E-state index in [2.05, 4.69) is 32.0 Å². The van der Waals surface area contributed by atoms with E-state index in [1.54, 1.807) is 18.2 Å². The Bertz CT molecular complexity index is 873. The van der Waals surface area contributed by atoms with Crippen LogP contribution in [0, 0.1) is 18.2 Å². The van der Waals surface area contributed by atoms with E-state index >= 15 is 0 Å². The average Bonchev–Trinajstić information content (AvgIpc) is 2.92. The van der Waals surface area contributed by atoms with Gasteiger partial charge in [-0.15, -0.1) is 21.4 Å². The lowest BCUT2D eigenvalue weighted by atomic mass is 10.2. The second kappa shape index (κ2) is 5.51. The number of hydrogen-bond acceptors (Lipinski definition) is 2. The first-order valence-corrected chi connectivity index (χ1v) is 6.92. The molecule has 3 rings (SSSR count). The van der Waals surface area contributed by atoms with Crippen molar-refractivity contribution in [1.82, 2.24) is 15.0 Å². The van der Waals surface area contributed by atoms with E-state index in [-0.39, 0.29) is 5.52 Å². The van der Waals surface area contributed by atoms with Gasteiger partial charge in [0.2, 0.25) is 0 Å². The summed E-state index contributed by atoms with van der Waals surface area (Å²) in [7, 11) is 0. The predicted octanol–water partition coefficient (Wildman–Crippen LogP) is 3.96. The topological polar surface area (TPSA) is 30.7 Å². The predicted molar refractivity (Wildman–Crippen MR) is 84.6 cm³/mol. The van der Waals surface area contributed by atoms with Gasteiger partial charge >= 0.3 is 0 Å². The highest BCUT2D eigenvalue weighted by molar-refractivity contribution is 9.10. The third-order valence-corrected chi connectivity index (χ3v) is 3.43. The van der Waals surface area contributed by atoms with Gasteiger partial charge in [0, 0.05) is 4.47 Å². The van der Waals surface area contributed by atoms with Gasteiger partial charge in [-0.2, -0.15) is 0 Å². The van der Waals surface area contributed by atoms with Crippen LogP contribution in [0.4, 0.5) is 4.39 Å². The van der Waals surface area contributed by atoms with Crippen molar-refractivity contribution in [3.05, 3.63) is 58.3 Å². The molecule has 5 heteroatoms. The third kappa shape index (κ3) is 2.71. The van der Waals surface area contributed by atoms with Crippen LogP contribution >= 0.6 is 15.9 Å². The molecule has 0 atom stereocenters. The number of hydrogen-bond donors (Lipinski definition) is 0. The van der Waals surface area contributed by atoms with Crippen LogP contribution in [0.3, 0.4) is 0 Å². The number of rotatable bonds is 2. The highest BCUT2D eigenvalue weighted by Crippen LogP contribution is 2.17. The van der Waals surface area contributed by atoms with Crippen molar-refractivity contribution >= 4 is 38.7 Å². The monoisotopic (exact) mass is 341 g/mol. The van der Waals surface area contributed by atoms with Gasteiger partial charge in [0.15, 0.2) is 5.82 Å². The van der Waals surface area contributed by atoms with Crippen LogP contribution in [0.15, 0.2) is 46.9 Å². The molecule has 0 fully saturated rings. The smallest absolute Gasteiger partial charge is 0.153 e. The Morgan fingerprint density at radius 1 is 1.19 bits per heavy atom. The second-order valence-corrected chi connectivity index (χ2v) is 5.24. The quantitative estimate of drug-likeness (QED) is 0.660. The molecule has 102 valence electrons. The van der Waals surface area contributed by atoms with Gasteiger partial charge in [0.05, 0.1) is 0 Å². The Morgan fingerprint density at radius 3 is 2.62 bits per heavy atom. The fraction of sp³-hybridized carbons (Fsp3) is 0. The molecule has 0 radical (unpaired) electrons. The largest absolute Gasteiger partial charge is 0.204 e. The van der Waals surface area contributed by atoms with Crippen molar-refractivity contribution in [2.45, 2.75) is 0 Å². The van der Waals surface area contributed by atoms with Crippen LogP contribution in [0.25, 0.3) is 22.8 Å². The summed E-state index contributed by atoms with van der Waals surface area (Å²) in [6.45, 7) is 0. The molecule has 0 aliphatic rings. The zero-order valence-electron chi connectivity index (χ0n) is 10.8. The normalized spacial score (nSPS) is 11.6. The maximum atomic E-state index is 13.6. The van der Waals surface area contributed by atoms with E-state index in [1.165, 1.54) is 10.9 Å². The van der Waals surface area contributed by atoms with E-state index in [4.69, 9.17) is 6.42 Å². The summed E-state index contributed by atoms with van der Waals surface area (Å²) in [6, 6.07) is 12.3. The first-order valence-electron chi connectivity index (χ1n) is 6.13. The van der Waals surface area contributed by atoms with Crippen LogP contribution in [-0.4, -0.2) is 15.0 Å².